The van der Waals surface area contributed by atoms with Crippen LogP contribution < -0.4 is 4.90 Å². The summed E-state index contributed by atoms with van der Waals surface area (Å²) in [7, 11) is 0. The second-order valence-electron chi connectivity index (χ2n) is 3.98. The molecule has 1 aromatic heterocycles. The van der Waals surface area contributed by atoms with Crippen molar-refractivity contribution in [3.8, 4) is 0 Å². The van der Waals surface area contributed by atoms with Crippen molar-refractivity contribution in [2.45, 2.75) is 20.3 Å². The number of ether oxygens (including phenoxy) is 1. The zero-order valence-corrected chi connectivity index (χ0v) is 12.1. The molecule has 0 amide bonds. The number of halogens is 1. The first-order valence-electron chi connectivity index (χ1n) is 6.20. The van der Waals surface area contributed by atoms with Gasteiger partial charge in [0.15, 0.2) is 0 Å². The number of hydrogen-bond acceptors (Lipinski definition) is 6. The van der Waals surface area contributed by atoms with E-state index in [1.54, 1.807) is 11.8 Å². The molecular formula is C12H16ClN3O4. The molecule has 0 unspecified atom stereocenters. The van der Waals surface area contributed by atoms with Gasteiger partial charge in [-0.05, 0) is 13.3 Å². The van der Waals surface area contributed by atoms with Gasteiger partial charge in [0, 0.05) is 12.6 Å². The van der Waals surface area contributed by atoms with E-state index in [0.29, 0.717) is 19.0 Å². The first-order chi connectivity index (χ1) is 9.49. The molecule has 0 atom stereocenters. The van der Waals surface area contributed by atoms with Gasteiger partial charge in [0.05, 0.1) is 16.6 Å². The monoisotopic (exact) mass is 301 g/mol. The molecule has 7 nitrogen and oxygen atoms in total. The third-order valence-electron chi connectivity index (χ3n) is 2.44. The average Bonchev–Trinajstić information content (AvgIpc) is 2.38. The second-order valence-corrected chi connectivity index (χ2v) is 4.39. The minimum Gasteiger partial charge on any atom is -0.465 e. The van der Waals surface area contributed by atoms with Gasteiger partial charge in [-0.2, -0.15) is 0 Å². The van der Waals surface area contributed by atoms with E-state index in [2.05, 4.69) is 4.98 Å². The zero-order chi connectivity index (χ0) is 15.1. The molecule has 110 valence electrons. The predicted octanol–water partition coefficient (Wildman–Crippen LogP) is 2.42. The molecule has 0 aromatic carbocycles. The van der Waals surface area contributed by atoms with Crippen molar-refractivity contribution in [3.63, 3.8) is 0 Å². The van der Waals surface area contributed by atoms with Crippen LogP contribution in [-0.2, 0) is 9.53 Å². The van der Waals surface area contributed by atoms with E-state index < -0.39 is 10.9 Å². The molecule has 0 fully saturated rings. The zero-order valence-electron chi connectivity index (χ0n) is 11.3. The lowest BCUT2D eigenvalue weighted by Crippen LogP contribution is -2.32. The number of anilines is 1. The third kappa shape index (κ3) is 4.34. The van der Waals surface area contributed by atoms with Gasteiger partial charge in [-0.1, -0.05) is 18.5 Å². The van der Waals surface area contributed by atoms with E-state index in [9.17, 15) is 14.9 Å². The molecule has 0 aliphatic carbocycles. The minimum absolute atomic E-state index is 0.00616. The molecule has 1 aromatic rings. The fourth-order valence-corrected chi connectivity index (χ4v) is 1.93. The Kier molecular flexibility index (Phi) is 6.17. The van der Waals surface area contributed by atoms with E-state index in [0.717, 1.165) is 12.6 Å². The molecule has 0 aliphatic rings. The molecule has 0 radical (unpaired) electrons. The number of aromatic nitrogens is 1. The Bertz CT molecular complexity index is 496. The topological polar surface area (TPSA) is 85.6 Å². The lowest BCUT2D eigenvalue weighted by molar-refractivity contribution is -0.385. The molecule has 0 spiro atoms. The van der Waals surface area contributed by atoms with E-state index >= 15 is 0 Å². The summed E-state index contributed by atoms with van der Waals surface area (Å²) >= 11 is 6.00. The van der Waals surface area contributed by atoms with Gasteiger partial charge < -0.3 is 9.64 Å². The van der Waals surface area contributed by atoms with Crippen molar-refractivity contribution in [2.24, 2.45) is 0 Å². The Morgan fingerprint density at radius 2 is 2.25 bits per heavy atom. The van der Waals surface area contributed by atoms with E-state index in [4.69, 9.17) is 16.3 Å². The summed E-state index contributed by atoms with van der Waals surface area (Å²) in [5, 5.41) is 10.8. The number of esters is 1. The molecule has 0 bridgehead atoms. The summed E-state index contributed by atoms with van der Waals surface area (Å²) in [6, 6.07) is 1.22. The summed E-state index contributed by atoms with van der Waals surface area (Å²) in [6.45, 7) is 4.51. The van der Waals surface area contributed by atoms with Crippen LogP contribution in [0, 0.1) is 10.1 Å². The predicted molar refractivity (Wildman–Crippen MR) is 75.0 cm³/mol. The van der Waals surface area contributed by atoms with Crippen LogP contribution in [0.4, 0.5) is 11.5 Å². The van der Waals surface area contributed by atoms with Crippen molar-refractivity contribution < 1.29 is 14.5 Å². The normalized spacial score (nSPS) is 10.2. The summed E-state index contributed by atoms with van der Waals surface area (Å²) < 4.78 is 4.88. The van der Waals surface area contributed by atoms with E-state index in [1.165, 1.54) is 6.07 Å². The highest BCUT2D eigenvalue weighted by Crippen LogP contribution is 2.27. The molecular weight excluding hydrogens is 286 g/mol. The van der Waals surface area contributed by atoms with Gasteiger partial charge in [-0.15, -0.1) is 0 Å². The first-order valence-corrected chi connectivity index (χ1v) is 6.57. The molecule has 0 saturated heterocycles. The van der Waals surface area contributed by atoms with Crippen LogP contribution in [0.5, 0.6) is 0 Å². The quantitative estimate of drug-likeness (QED) is 0.437. The summed E-state index contributed by atoms with van der Waals surface area (Å²) in [4.78, 5) is 27.2. The van der Waals surface area contributed by atoms with Gasteiger partial charge in [0.25, 0.3) is 5.69 Å². The van der Waals surface area contributed by atoms with E-state index in [1.807, 2.05) is 6.92 Å². The molecule has 0 aliphatic heterocycles. The average molecular weight is 302 g/mol. The largest absolute Gasteiger partial charge is 0.465 e. The lowest BCUT2D eigenvalue weighted by atomic mass is 10.3. The maximum Gasteiger partial charge on any atom is 0.325 e. The highest BCUT2D eigenvalue weighted by molar-refractivity contribution is 6.33. The third-order valence-corrected chi connectivity index (χ3v) is 2.71. The van der Waals surface area contributed by atoms with Crippen molar-refractivity contribution in [1.82, 2.24) is 4.98 Å². The maximum absolute atomic E-state index is 11.5. The Morgan fingerprint density at radius 3 is 2.75 bits per heavy atom. The van der Waals surface area contributed by atoms with Crippen molar-refractivity contribution >= 4 is 29.1 Å². The van der Waals surface area contributed by atoms with Gasteiger partial charge in [-0.3, -0.25) is 14.9 Å². The summed E-state index contributed by atoms with van der Waals surface area (Å²) in [5.74, 6) is -0.0515. The standard InChI is InChI=1S/C12H16ClN3O4/c1-3-5-15(8-11(17)20-4-2)12-10(13)6-9(7-14-12)16(18)19/h6-7H,3-5,8H2,1-2H3. The Labute approximate surface area is 121 Å². The minimum atomic E-state index is -0.571. The smallest absolute Gasteiger partial charge is 0.325 e. The number of nitro groups is 1. The van der Waals surface area contributed by atoms with Gasteiger partial charge in [-0.25, -0.2) is 4.98 Å². The van der Waals surface area contributed by atoms with Crippen LogP contribution in [0.2, 0.25) is 5.02 Å². The Morgan fingerprint density at radius 1 is 1.55 bits per heavy atom. The van der Waals surface area contributed by atoms with Crippen molar-refractivity contribution in [1.29, 1.82) is 0 Å². The molecule has 20 heavy (non-hydrogen) atoms. The van der Waals surface area contributed by atoms with Crippen LogP contribution in [0.25, 0.3) is 0 Å². The second kappa shape index (κ2) is 7.64. The number of carbonyl (C=O) groups is 1. The van der Waals surface area contributed by atoms with Crippen LogP contribution in [-0.4, -0.2) is 35.6 Å². The number of hydrogen-bond donors (Lipinski definition) is 0. The van der Waals surface area contributed by atoms with Crippen molar-refractivity contribution in [2.75, 3.05) is 24.6 Å². The SMILES string of the molecule is CCCN(CC(=O)OCC)c1ncc([N+](=O)[O-])cc1Cl. The van der Waals surface area contributed by atoms with Gasteiger partial charge >= 0.3 is 5.97 Å². The lowest BCUT2D eigenvalue weighted by Gasteiger charge is -2.22. The fraction of sp³-hybridized carbons (Fsp3) is 0.500. The number of rotatable bonds is 7. The number of pyridine rings is 1. The molecule has 1 heterocycles. The highest BCUT2D eigenvalue weighted by Gasteiger charge is 2.18. The summed E-state index contributed by atoms with van der Waals surface area (Å²) in [5.41, 5.74) is -0.189. The molecule has 0 N–H and O–H groups in total. The first kappa shape index (κ1) is 16.2. The van der Waals surface area contributed by atoms with Gasteiger partial charge in [0.1, 0.15) is 18.6 Å². The maximum atomic E-state index is 11.5. The Balaban J connectivity index is 2.96. The molecule has 8 heteroatoms. The summed E-state index contributed by atoms with van der Waals surface area (Å²) in [6.07, 6.45) is 1.89. The number of carbonyl (C=O) groups excluding carboxylic acids is 1. The van der Waals surface area contributed by atoms with Crippen LogP contribution >= 0.6 is 11.6 Å². The Hall–Kier alpha value is -1.89. The van der Waals surface area contributed by atoms with Crippen LogP contribution in [0.1, 0.15) is 20.3 Å². The molecule has 0 saturated carbocycles. The van der Waals surface area contributed by atoms with Crippen LogP contribution in [0.3, 0.4) is 0 Å². The van der Waals surface area contributed by atoms with Gasteiger partial charge in [0.2, 0.25) is 0 Å². The number of nitrogens with zero attached hydrogens (tertiary/aromatic N) is 3. The molecule has 1 rings (SSSR count). The van der Waals surface area contributed by atoms with E-state index in [-0.39, 0.29) is 17.3 Å². The van der Waals surface area contributed by atoms with Crippen LogP contribution in [0.15, 0.2) is 12.3 Å². The van der Waals surface area contributed by atoms with Crippen molar-refractivity contribution in [3.05, 3.63) is 27.4 Å². The highest BCUT2D eigenvalue weighted by atomic mass is 35.5. The fourth-order valence-electron chi connectivity index (χ4n) is 1.65.